The Balaban J connectivity index is 1.62. The Kier molecular flexibility index (Phi) is 7.73. The van der Waals surface area contributed by atoms with E-state index in [0.29, 0.717) is 40.3 Å². The summed E-state index contributed by atoms with van der Waals surface area (Å²) in [4.78, 5) is 29.5. The lowest BCUT2D eigenvalue weighted by Crippen LogP contribution is -2.29. The second-order valence-electron chi connectivity index (χ2n) is 10.1. The lowest BCUT2D eigenvalue weighted by molar-refractivity contribution is 0.0971. The molecule has 1 unspecified atom stereocenters. The van der Waals surface area contributed by atoms with Gasteiger partial charge in [0.25, 0.3) is 5.91 Å². The number of carbonyl (C=O) groups is 1. The van der Waals surface area contributed by atoms with Crippen LogP contribution in [0.1, 0.15) is 78.4 Å². The summed E-state index contributed by atoms with van der Waals surface area (Å²) in [5.74, 6) is 0.943. The highest BCUT2D eigenvalue weighted by Crippen LogP contribution is 2.43. The molecule has 1 atom stereocenters. The third-order valence-corrected chi connectivity index (χ3v) is 7.41. The van der Waals surface area contributed by atoms with E-state index in [2.05, 4.69) is 13.8 Å². The predicted octanol–water partition coefficient (Wildman–Crippen LogP) is 7.38. The topological polar surface area (TPSA) is 69.0 Å². The molecule has 0 radical (unpaired) electrons. The fourth-order valence-corrected chi connectivity index (χ4v) is 5.25. The van der Waals surface area contributed by atoms with E-state index in [1.165, 1.54) is 12.8 Å². The van der Waals surface area contributed by atoms with Crippen LogP contribution in [0.25, 0.3) is 11.0 Å². The number of benzene rings is 3. The van der Waals surface area contributed by atoms with Crippen LogP contribution in [-0.2, 0) is 6.42 Å². The van der Waals surface area contributed by atoms with Crippen molar-refractivity contribution in [2.45, 2.75) is 58.9 Å². The standard InChI is InChI=1S/C33H35NO5/c1-5-7-8-9-18-38-27-17-13-23(20-28(27)37-4)30-29-31(35)25-19-21(3)10-16-26(25)39-32(29)33(36)34(30)24-14-11-22(6-2)12-15-24/h10-17,19-20,30H,5-9,18H2,1-4H3. The Morgan fingerprint density at radius 3 is 2.41 bits per heavy atom. The maximum atomic E-state index is 13.9. The van der Waals surface area contributed by atoms with Crippen molar-refractivity contribution in [2.24, 2.45) is 0 Å². The molecule has 1 aliphatic rings. The second-order valence-corrected chi connectivity index (χ2v) is 10.1. The molecule has 0 saturated heterocycles. The average molecular weight is 526 g/mol. The summed E-state index contributed by atoms with van der Waals surface area (Å²) in [6, 6.07) is 18.3. The Morgan fingerprint density at radius 1 is 0.897 bits per heavy atom. The van der Waals surface area contributed by atoms with E-state index in [1.807, 2.05) is 61.5 Å². The van der Waals surface area contributed by atoms with Crippen molar-refractivity contribution in [3.8, 4) is 11.5 Å². The molecule has 39 heavy (non-hydrogen) atoms. The molecule has 1 amide bonds. The van der Waals surface area contributed by atoms with Crippen LogP contribution >= 0.6 is 0 Å². The van der Waals surface area contributed by atoms with Crippen molar-refractivity contribution in [2.75, 3.05) is 18.6 Å². The molecule has 0 saturated carbocycles. The predicted molar refractivity (Wildman–Crippen MR) is 154 cm³/mol. The number of aryl methyl sites for hydroxylation is 2. The number of fused-ring (bicyclic) bond motifs is 2. The van der Waals surface area contributed by atoms with Gasteiger partial charge in [0.15, 0.2) is 16.9 Å². The number of hydrogen-bond donors (Lipinski definition) is 0. The van der Waals surface area contributed by atoms with Crippen LogP contribution in [0.15, 0.2) is 69.9 Å². The van der Waals surface area contributed by atoms with Crippen LogP contribution in [-0.4, -0.2) is 19.6 Å². The van der Waals surface area contributed by atoms with Gasteiger partial charge in [-0.3, -0.25) is 14.5 Å². The van der Waals surface area contributed by atoms with Crippen LogP contribution in [0.5, 0.6) is 11.5 Å². The molecule has 202 valence electrons. The first kappa shape index (κ1) is 26.5. The minimum atomic E-state index is -0.673. The van der Waals surface area contributed by atoms with Crippen molar-refractivity contribution in [1.82, 2.24) is 0 Å². The summed E-state index contributed by atoms with van der Waals surface area (Å²) >= 11 is 0. The molecule has 1 aliphatic heterocycles. The maximum Gasteiger partial charge on any atom is 0.295 e. The lowest BCUT2D eigenvalue weighted by Gasteiger charge is -2.26. The molecule has 0 N–H and O–H groups in total. The maximum absolute atomic E-state index is 13.9. The van der Waals surface area contributed by atoms with Crippen LogP contribution in [0.3, 0.4) is 0 Å². The number of anilines is 1. The molecule has 3 aromatic carbocycles. The molecule has 0 fully saturated rings. The van der Waals surface area contributed by atoms with Crippen LogP contribution in [0.4, 0.5) is 5.69 Å². The first-order chi connectivity index (χ1) is 19.0. The van der Waals surface area contributed by atoms with Gasteiger partial charge in [0.1, 0.15) is 5.58 Å². The van der Waals surface area contributed by atoms with Crippen molar-refractivity contribution >= 4 is 22.6 Å². The lowest BCUT2D eigenvalue weighted by atomic mass is 9.97. The highest BCUT2D eigenvalue weighted by atomic mass is 16.5. The molecule has 6 heteroatoms. The number of hydrogen-bond acceptors (Lipinski definition) is 5. The van der Waals surface area contributed by atoms with Crippen molar-refractivity contribution < 1.29 is 18.7 Å². The monoisotopic (exact) mass is 525 g/mol. The molecular formula is C33H35NO5. The quantitative estimate of drug-likeness (QED) is 0.202. The summed E-state index contributed by atoms with van der Waals surface area (Å²) in [7, 11) is 1.60. The average Bonchev–Trinajstić information content (AvgIpc) is 3.25. The molecule has 0 spiro atoms. The van der Waals surface area contributed by atoms with Gasteiger partial charge in [0, 0.05) is 5.69 Å². The van der Waals surface area contributed by atoms with Gasteiger partial charge in [-0.05, 0) is 67.3 Å². The molecule has 1 aromatic heterocycles. The van der Waals surface area contributed by atoms with E-state index in [-0.39, 0.29) is 17.1 Å². The van der Waals surface area contributed by atoms with Gasteiger partial charge >= 0.3 is 0 Å². The Hall–Kier alpha value is -4.06. The zero-order valence-electron chi connectivity index (χ0n) is 23.1. The molecule has 4 aromatic rings. The zero-order valence-corrected chi connectivity index (χ0v) is 23.1. The highest BCUT2D eigenvalue weighted by molar-refractivity contribution is 6.10. The number of unbranched alkanes of at least 4 members (excludes halogenated alkanes) is 3. The third-order valence-electron chi connectivity index (χ3n) is 7.41. The normalized spacial score (nSPS) is 14.6. The van der Waals surface area contributed by atoms with E-state index in [0.717, 1.165) is 36.0 Å². The van der Waals surface area contributed by atoms with E-state index >= 15 is 0 Å². The van der Waals surface area contributed by atoms with Crippen LogP contribution < -0.4 is 19.8 Å². The van der Waals surface area contributed by atoms with Crippen molar-refractivity contribution in [3.63, 3.8) is 0 Å². The van der Waals surface area contributed by atoms with E-state index in [1.54, 1.807) is 18.1 Å². The highest BCUT2D eigenvalue weighted by Gasteiger charge is 2.44. The Bertz CT molecular complexity index is 1550. The molecule has 6 nitrogen and oxygen atoms in total. The second kappa shape index (κ2) is 11.4. The van der Waals surface area contributed by atoms with E-state index in [9.17, 15) is 9.59 Å². The fourth-order valence-electron chi connectivity index (χ4n) is 5.25. The first-order valence-electron chi connectivity index (χ1n) is 13.8. The molecule has 0 aliphatic carbocycles. The SMILES string of the molecule is CCCCCCOc1ccc(C2c3c(oc4ccc(C)cc4c3=O)C(=O)N2c2ccc(CC)cc2)cc1OC. The number of carbonyl (C=O) groups excluding carboxylic acids is 1. The largest absolute Gasteiger partial charge is 0.493 e. The minimum absolute atomic E-state index is 0.0798. The van der Waals surface area contributed by atoms with Gasteiger partial charge in [-0.2, -0.15) is 0 Å². The van der Waals surface area contributed by atoms with Gasteiger partial charge in [-0.25, -0.2) is 0 Å². The van der Waals surface area contributed by atoms with Gasteiger partial charge < -0.3 is 13.9 Å². The molecular weight excluding hydrogens is 490 g/mol. The number of methoxy groups -OCH3 is 1. The number of nitrogens with zero attached hydrogens (tertiary/aromatic N) is 1. The fraction of sp³-hybridized carbons (Fsp3) is 0.333. The van der Waals surface area contributed by atoms with E-state index in [4.69, 9.17) is 13.9 Å². The van der Waals surface area contributed by atoms with E-state index < -0.39 is 6.04 Å². The van der Waals surface area contributed by atoms with Gasteiger partial charge in [-0.1, -0.05) is 62.9 Å². The summed E-state index contributed by atoms with van der Waals surface area (Å²) in [6.07, 6.45) is 5.32. The minimum Gasteiger partial charge on any atom is -0.493 e. The number of ether oxygens (including phenoxy) is 2. The molecule has 2 heterocycles. The van der Waals surface area contributed by atoms with Crippen LogP contribution in [0.2, 0.25) is 0 Å². The Morgan fingerprint density at radius 2 is 1.69 bits per heavy atom. The summed E-state index contributed by atoms with van der Waals surface area (Å²) in [6.45, 7) is 6.80. The molecule has 0 bridgehead atoms. The molecule has 5 rings (SSSR count). The smallest absolute Gasteiger partial charge is 0.295 e. The van der Waals surface area contributed by atoms with Gasteiger partial charge in [-0.15, -0.1) is 0 Å². The van der Waals surface area contributed by atoms with Crippen molar-refractivity contribution in [3.05, 3.63) is 98.9 Å². The third kappa shape index (κ3) is 5.03. The van der Waals surface area contributed by atoms with Crippen LogP contribution in [0, 0.1) is 6.92 Å². The summed E-state index contributed by atoms with van der Waals surface area (Å²) in [5, 5.41) is 0.466. The summed E-state index contributed by atoms with van der Waals surface area (Å²) in [5.41, 5.74) is 4.11. The number of rotatable bonds is 10. The van der Waals surface area contributed by atoms with Gasteiger partial charge in [0.2, 0.25) is 5.76 Å². The van der Waals surface area contributed by atoms with Crippen molar-refractivity contribution in [1.29, 1.82) is 0 Å². The Labute approximate surface area is 229 Å². The zero-order chi connectivity index (χ0) is 27.5. The van der Waals surface area contributed by atoms with Gasteiger partial charge in [0.05, 0.1) is 30.7 Å². The number of amides is 1. The summed E-state index contributed by atoms with van der Waals surface area (Å²) < 4.78 is 17.8. The first-order valence-corrected chi connectivity index (χ1v) is 13.8.